The van der Waals surface area contributed by atoms with Gasteiger partial charge >= 0.3 is 0 Å². The molecule has 8 heteroatoms. The van der Waals surface area contributed by atoms with Gasteiger partial charge in [-0.2, -0.15) is 0 Å². The molecule has 158 valence electrons. The summed E-state index contributed by atoms with van der Waals surface area (Å²) in [6, 6.07) is 10.1. The number of nitrogens with zero attached hydrogens (tertiary/aromatic N) is 2. The Balaban J connectivity index is 0.00000392. The number of aliphatic hydroxyl groups is 1. The standard InChI is InChI=1S/C20H32N4O3.HI/c1-3-19(26)24-11-10-17(13-24)23-20(21-4-2)22-12-18(25)15-27-14-16-8-6-5-7-9-16;/h5-9,17-18,25H,3-4,10-15H2,1-2H3,(H2,21,22,23);1H. The summed E-state index contributed by atoms with van der Waals surface area (Å²) < 4.78 is 5.56. The number of likely N-dealkylation sites (tertiary alicyclic amines) is 1. The number of guanidine groups is 1. The lowest BCUT2D eigenvalue weighted by Crippen LogP contribution is -2.45. The number of aliphatic hydroxyl groups excluding tert-OH is 1. The second-order valence-corrected chi connectivity index (χ2v) is 6.70. The SMILES string of the molecule is CCNC(=NCC(O)COCc1ccccc1)NC1CCN(C(=O)CC)C1.I. The number of rotatable bonds is 9. The predicted molar refractivity (Wildman–Crippen MR) is 122 cm³/mol. The Morgan fingerprint density at radius 2 is 2.11 bits per heavy atom. The Morgan fingerprint density at radius 1 is 1.36 bits per heavy atom. The number of nitrogens with one attached hydrogen (secondary N) is 2. The summed E-state index contributed by atoms with van der Waals surface area (Å²) >= 11 is 0. The van der Waals surface area contributed by atoms with E-state index in [9.17, 15) is 9.90 Å². The molecule has 1 aromatic carbocycles. The van der Waals surface area contributed by atoms with Crippen molar-refractivity contribution in [1.29, 1.82) is 0 Å². The van der Waals surface area contributed by atoms with Gasteiger partial charge in [0.15, 0.2) is 5.96 Å². The Kier molecular flexibility index (Phi) is 12.1. The summed E-state index contributed by atoms with van der Waals surface area (Å²) in [6.07, 6.45) is 0.778. The van der Waals surface area contributed by atoms with E-state index in [0.29, 0.717) is 25.5 Å². The number of hydrogen-bond acceptors (Lipinski definition) is 4. The number of halogens is 1. The first-order valence-corrected chi connectivity index (χ1v) is 9.74. The number of benzene rings is 1. The van der Waals surface area contributed by atoms with Crippen LogP contribution in [0.4, 0.5) is 0 Å². The second kappa shape index (κ2) is 13.7. The zero-order chi connectivity index (χ0) is 19.5. The average Bonchev–Trinajstić information content (AvgIpc) is 3.15. The number of aliphatic imine (C=N–C) groups is 1. The van der Waals surface area contributed by atoms with Gasteiger partial charge in [0.2, 0.25) is 5.91 Å². The zero-order valence-corrected chi connectivity index (χ0v) is 19.1. The van der Waals surface area contributed by atoms with Crippen molar-refractivity contribution in [3.63, 3.8) is 0 Å². The highest BCUT2D eigenvalue weighted by Gasteiger charge is 2.25. The molecule has 2 unspecified atom stereocenters. The maximum absolute atomic E-state index is 11.8. The van der Waals surface area contributed by atoms with Crippen LogP contribution in [0.5, 0.6) is 0 Å². The lowest BCUT2D eigenvalue weighted by molar-refractivity contribution is -0.129. The van der Waals surface area contributed by atoms with Crippen molar-refractivity contribution in [2.24, 2.45) is 4.99 Å². The number of carbonyl (C=O) groups is 1. The van der Waals surface area contributed by atoms with E-state index in [1.165, 1.54) is 0 Å². The summed E-state index contributed by atoms with van der Waals surface area (Å²) in [5.74, 6) is 0.850. The quantitative estimate of drug-likeness (QED) is 0.271. The van der Waals surface area contributed by atoms with E-state index >= 15 is 0 Å². The fourth-order valence-electron chi connectivity index (χ4n) is 2.98. The molecule has 3 N–H and O–H groups in total. The van der Waals surface area contributed by atoms with Gasteiger partial charge in [-0.25, -0.2) is 0 Å². The third-order valence-corrected chi connectivity index (χ3v) is 4.41. The monoisotopic (exact) mass is 504 g/mol. The minimum absolute atomic E-state index is 0. The van der Waals surface area contributed by atoms with Crippen LogP contribution in [0.25, 0.3) is 0 Å². The van der Waals surface area contributed by atoms with E-state index < -0.39 is 6.10 Å². The van der Waals surface area contributed by atoms with Crippen molar-refractivity contribution >= 4 is 35.8 Å². The van der Waals surface area contributed by atoms with Gasteiger partial charge in [-0.05, 0) is 18.9 Å². The summed E-state index contributed by atoms with van der Waals surface area (Å²) in [7, 11) is 0. The minimum Gasteiger partial charge on any atom is -0.389 e. The van der Waals surface area contributed by atoms with Crippen molar-refractivity contribution in [1.82, 2.24) is 15.5 Å². The molecular weight excluding hydrogens is 471 g/mol. The molecule has 0 spiro atoms. The van der Waals surface area contributed by atoms with Gasteiger partial charge in [0, 0.05) is 32.1 Å². The highest BCUT2D eigenvalue weighted by atomic mass is 127. The molecule has 1 amide bonds. The van der Waals surface area contributed by atoms with Crippen molar-refractivity contribution in [3.05, 3.63) is 35.9 Å². The Bertz CT molecular complexity index is 600. The first-order valence-electron chi connectivity index (χ1n) is 9.74. The van der Waals surface area contributed by atoms with Gasteiger partial charge in [-0.15, -0.1) is 24.0 Å². The lowest BCUT2D eigenvalue weighted by atomic mass is 10.2. The highest BCUT2D eigenvalue weighted by Crippen LogP contribution is 2.10. The Labute approximate surface area is 185 Å². The van der Waals surface area contributed by atoms with E-state index in [4.69, 9.17) is 4.74 Å². The smallest absolute Gasteiger partial charge is 0.222 e. The summed E-state index contributed by atoms with van der Waals surface area (Å²) in [6.45, 7) is 7.06. The van der Waals surface area contributed by atoms with Gasteiger partial charge in [0.1, 0.15) is 0 Å². The summed E-state index contributed by atoms with van der Waals surface area (Å²) in [4.78, 5) is 18.1. The van der Waals surface area contributed by atoms with E-state index in [0.717, 1.165) is 25.1 Å². The first-order chi connectivity index (χ1) is 13.1. The molecule has 7 nitrogen and oxygen atoms in total. The predicted octanol–water partition coefficient (Wildman–Crippen LogP) is 1.75. The Hall–Kier alpha value is -1.39. The molecule has 28 heavy (non-hydrogen) atoms. The zero-order valence-electron chi connectivity index (χ0n) is 16.8. The fourth-order valence-corrected chi connectivity index (χ4v) is 2.98. The third-order valence-electron chi connectivity index (χ3n) is 4.41. The average molecular weight is 504 g/mol. The van der Waals surface area contributed by atoms with Crippen molar-refractivity contribution in [2.45, 2.75) is 45.4 Å². The molecule has 1 aliphatic rings. The van der Waals surface area contributed by atoms with Crippen molar-refractivity contribution in [3.8, 4) is 0 Å². The largest absolute Gasteiger partial charge is 0.389 e. The molecular formula is C20H33IN4O3. The van der Waals surface area contributed by atoms with Gasteiger partial charge < -0.3 is 25.4 Å². The summed E-state index contributed by atoms with van der Waals surface area (Å²) in [5.41, 5.74) is 1.08. The number of amides is 1. The molecule has 1 aliphatic heterocycles. The van der Waals surface area contributed by atoms with E-state index in [1.807, 2.05) is 49.1 Å². The molecule has 0 aliphatic carbocycles. The second-order valence-electron chi connectivity index (χ2n) is 6.70. The van der Waals surface area contributed by atoms with E-state index in [-0.39, 0.29) is 49.1 Å². The molecule has 0 bridgehead atoms. The first kappa shape index (κ1) is 24.6. The third kappa shape index (κ3) is 8.74. The molecule has 0 radical (unpaired) electrons. The molecule has 1 saturated heterocycles. The van der Waals surface area contributed by atoms with Gasteiger partial charge in [-0.1, -0.05) is 37.3 Å². The molecule has 1 heterocycles. The van der Waals surface area contributed by atoms with Crippen LogP contribution >= 0.6 is 24.0 Å². The molecule has 1 aromatic rings. The van der Waals surface area contributed by atoms with Gasteiger partial charge in [0.25, 0.3) is 0 Å². The van der Waals surface area contributed by atoms with Crippen molar-refractivity contribution in [2.75, 3.05) is 32.8 Å². The van der Waals surface area contributed by atoms with Crippen LogP contribution in [0.3, 0.4) is 0 Å². The van der Waals surface area contributed by atoms with Crippen molar-refractivity contribution < 1.29 is 14.6 Å². The maximum atomic E-state index is 11.8. The minimum atomic E-state index is -0.661. The van der Waals surface area contributed by atoms with Gasteiger partial charge in [-0.3, -0.25) is 9.79 Å². The number of carbonyl (C=O) groups excluding carboxylic acids is 1. The van der Waals surface area contributed by atoms with E-state index in [1.54, 1.807) is 0 Å². The maximum Gasteiger partial charge on any atom is 0.222 e. The lowest BCUT2D eigenvalue weighted by Gasteiger charge is -2.19. The van der Waals surface area contributed by atoms with Crippen LogP contribution in [0.2, 0.25) is 0 Å². The molecule has 1 fully saturated rings. The van der Waals surface area contributed by atoms with Crippen LogP contribution in [0.1, 0.15) is 32.3 Å². The molecule has 0 saturated carbocycles. The van der Waals surface area contributed by atoms with Crippen LogP contribution in [-0.4, -0.2) is 66.8 Å². The van der Waals surface area contributed by atoms with Crippen LogP contribution in [0.15, 0.2) is 35.3 Å². The van der Waals surface area contributed by atoms with Crippen LogP contribution in [0, 0.1) is 0 Å². The topological polar surface area (TPSA) is 86.2 Å². The number of hydrogen-bond donors (Lipinski definition) is 3. The van der Waals surface area contributed by atoms with Crippen LogP contribution < -0.4 is 10.6 Å². The fraction of sp³-hybridized carbons (Fsp3) is 0.600. The molecule has 2 rings (SSSR count). The summed E-state index contributed by atoms with van der Waals surface area (Å²) in [5, 5.41) is 16.7. The molecule has 2 atom stereocenters. The Morgan fingerprint density at radius 3 is 2.79 bits per heavy atom. The molecule has 0 aromatic heterocycles. The van der Waals surface area contributed by atoms with Crippen LogP contribution in [-0.2, 0) is 16.1 Å². The highest BCUT2D eigenvalue weighted by molar-refractivity contribution is 14.0. The number of ether oxygens (including phenoxy) is 1. The van der Waals surface area contributed by atoms with E-state index in [2.05, 4.69) is 15.6 Å². The van der Waals surface area contributed by atoms with Gasteiger partial charge in [0.05, 0.1) is 25.9 Å². The normalized spacial score (nSPS) is 17.8.